The third kappa shape index (κ3) is 4.25. The highest BCUT2D eigenvalue weighted by molar-refractivity contribution is 6.35. The van der Waals surface area contributed by atoms with Crippen LogP contribution in [0.3, 0.4) is 0 Å². The van der Waals surface area contributed by atoms with Crippen LogP contribution in [0.2, 0.25) is 10.0 Å². The second-order valence-electron chi connectivity index (χ2n) is 3.57. The first-order valence-corrected chi connectivity index (χ1v) is 6.30. The second-order valence-corrected chi connectivity index (χ2v) is 4.41. The van der Waals surface area contributed by atoms with E-state index in [1.165, 1.54) is 12.4 Å². The van der Waals surface area contributed by atoms with E-state index in [-0.39, 0.29) is 12.7 Å². The summed E-state index contributed by atoms with van der Waals surface area (Å²) in [6.45, 7) is -0.0555. The Morgan fingerprint density at radius 1 is 1.25 bits per heavy atom. The number of carbonyl (C=O) groups is 1. The van der Waals surface area contributed by atoms with Gasteiger partial charge in [0.25, 0.3) is 0 Å². The smallest absolute Gasteiger partial charge is 0.324 e. The van der Waals surface area contributed by atoms with Crippen LogP contribution >= 0.6 is 23.2 Å². The summed E-state index contributed by atoms with van der Waals surface area (Å²) in [7, 11) is 0. The van der Waals surface area contributed by atoms with Crippen LogP contribution in [-0.4, -0.2) is 22.7 Å². The second kappa shape index (κ2) is 6.93. The topological polar surface area (TPSA) is 76.1 Å². The fourth-order valence-electron chi connectivity index (χ4n) is 1.28. The minimum atomic E-state index is -0.485. The van der Waals surface area contributed by atoms with E-state index in [0.717, 1.165) is 0 Å². The Balaban J connectivity index is 1.79. The summed E-state index contributed by atoms with van der Waals surface area (Å²) in [5, 5.41) is 5.80. The number of ether oxygens (including phenoxy) is 1. The van der Waals surface area contributed by atoms with E-state index >= 15 is 0 Å². The van der Waals surface area contributed by atoms with Gasteiger partial charge in [0, 0.05) is 17.4 Å². The summed E-state index contributed by atoms with van der Waals surface area (Å²) in [5.41, 5.74) is 0. The van der Waals surface area contributed by atoms with Crippen molar-refractivity contribution in [2.24, 2.45) is 0 Å². The van der Waals surface area contributed by atoms with Crippen LogP contribution in [0.25, 0.3) is 0 Å². The number of carbonyl (C=O) groups excluding carboxylic acids is 1. The van der Waals surface area contributed by atoms with Gasteiger partial charge in [-0.25, -0.2) is 14.8 Å². The number of urea groups is 1. The molecule has 2 aromatic rings. The highest BCUT2D eigenvalue weighted by Crippen LogP contribution is 2.27. The lowest BCUT2D eigenvalue weighted by Crippen LogP contribution is -2.32. The van der Waals surface area contributed by atoms with Crippen molar-refractivity contribution in [2.75, 3.05) is 12.0 Å². The predicted molar refractivity (Wildman–Crippen MR) is 76.1 cm³/mol. The molecular formula is C12H10Cl2N4O2. The fourth-order valence-corrected chi connectivity index (χ4v) is 1.74. The Bertz CT molecular complexity index is 595. The molecule has 0 saturated carbocycles. The molecule has 2 amide bonds. The molecule has 0 radical (unpaired) electrons. The molecule has 0 fully saturated rings. The van der Waals surface area contributed by atoms with Crippen molar-refractivity contribution in [1.29, 1.82) is 0 Å². The van der Waals surface area contributed by atoms with Gasteiger partial charge in [0.05, 0.1) is 5.02 Å². The van der Waals surface area contributed by atoms with Crippen LogP contribution in [-0.2, 0) is 0 Å². The lowest BCUT2D eigenvalue weighted by atomic mass is 10.3. The van der Waals surface area contributed by atoms with E-state index in [1.54, 1.807) is 24.3 Å². The molecule has 0 aliphatic heterocycles. The molecule has 2 N–H and O–H groups in total. The Morgan fingerprint density at radius 2 is 2.00 bits per heavy atom. The maximum absolute atomic E-state index is 11.5. The van der Waals surface area contributed by atoms with E-state index < -0.39 is 6.03 Å². The zero-order chi connectivity index (χ0) is 14.4. The number of nitrogens with zero attached hydrogens (tertiary/aromatic N) is 2. The molecule has 1 aromatic carbocycles. The number of aromatic nitrogens is 2. The Labute approximate surface area is 125 Å². The Morgan fingerprint density at radius 3 is 2.70 bits per heavy atom. The molecule has 104 valence electrons. The summed E-state index contributed by atoms with van der Waals surface area (Å²) in [6, 6.07) is 5.97. The first-order valence-electron chi connectivity index (χ1n) is 5.55. The van der Waals surface area contributed by atoms with Gasteiger partial charge in [-0.2, -0.15) is 0 Å². The molecule has 0 aliphatic carbocycles. The summed E-state index contributed by atoms with van der Waals surface area (Å²) in [4.78, 5) is 19.2. The fraction of sp³-hybridized carbons (Fsp3) is 0.0833. The van der Waals surface area contributed by atoms with Gasteiger partial charge in [-0.15, -0.1) is 0 Å². The van der Waals surface area contributed by atoms with Crippen molar-refractivity contribution in [2.45, 2.75) is 0 Å². The number of amides is 2. The number of halogens is 2. The van der Waals surface area contributed by atoms with Crippen LogP contribution in [0.1, 0.15) is 0 Å². The molecule has 2 rings (SSSR count). The number of benzene rings is 1. The van der Waals surface area contributed by atoms with Crippen molar-refractivity contribution in [1.82, 2.24) is 15.3 Å². The molecule has 1 heterocycles. The third-order valence-electron chi connectivity index (χ3n) is 2.15. The van der Waals surface area contributed by atoms with Crippen molar-refractivity contribution >= 4 is 35.2 Å². The van der Waals surface area contributed by atoms with E-state index in [0.29, 0.717) is 15.8 Å². The van der Waals surface area contributed by atoms with Gasteiger partial charge in [-0.1, -0.05) is 23.2 Å². The van der Waals surface area contributed by atoms with E-state index in [2.05, 4.69) is 20.6 Å². The third-order valence-corrected chi connectivity index (χ3v) is 2.68. The van der Waals surface area contributed by atoms with Gasteiger partial charge in [-0.05, 0) is 24.3 Å². The largest absolute Gasteiger partial charge is 0.472 e. The van der Waals surface area contributed by atoms with Crippen LogP contribution in [0.5, 0.6) is 5.75 Å². The van der Waals surface area contributed by atoms with Crippen LogP contribution in [0.4, 0.5) is 10.7 Å². The molecule has 0 spiro atoms. The molecule has 0 unspecified atom stereocenters. The van der Waals surface area contributed by atoms with Gasteiger partial charge >= 0.3 is 6.03 Å². The molecule has 0 aliphatic rings. The first kappa shape index (κ1) is 14.4. The number of hydrogen-bond acceptors (Lipinski definition) is 4. The minimum Gasteiger partial charge on any atom is -0.472 e. The first-order chi connectivity index (χ1) is 9.65. The van der Waals surface area contributed by atoms with Gasteiger partial charge in [-0.3, -0.25) is 5.32 Å². The van der Waals surface area contributed by atoms with Crippen molar-refractivity contribution in [3.05, 3.63) is 46.7 Å². The van der Waals surface area contributed by atoms with Crippen LogP contribution < -0.4 is 15.4 Å². The minimum absolute atomic E-state index is 0.0555. The zero-order valence-electron chi connectivity index (χ0n) is 10.1. The average Bonchev–Trinajstić information content (AvgIpc) is 2.42. The van der Waals surface area contributed by atoms with Gasteiger partial charge < -0.3 is 10.1 Å². The number of anilines is 1. The van der Waals surface area contributed by atoms with Crippen molar-refractivity contribution in [3.8, 4) is 5.75 Å². The Kier molecular flexibility index (Phi) is 4.97. The molecule has 0 atom stereocenters. The SMILES string of the molecule is O=C(NCOc1ccc(Cl)cc1Cl)Nc1ncccn1. The van der Waals surface area contributed by atoms with Crippen LogP contribution in [0, 0.1) is 0 Å². The molecule has 1 aromatic heterocycles. The molecule has 0 saturated heterocycles. The van der Waals surface area contributed by atoms with Gasteiger partial charge in [0.1, 0.15) is 5.75 Å². The van der Waals surface area contributed by atoms with Gasteiger partial charge in [0.2, 0.25) is 5.95 Å². The molecule has 8 heteroatoms. The maximum atomic E-state index is 11.5. The molecule has 20 heavy (non-hydrogen) atoms. The summed E-state index contributed by atoms with van der Waals surface area (Å²) >= 11 is 11.7. The lowest BCUT2D eigenvalue weighted by molar-refractivity contribution is 0.234. The lowest BCUT2D eigenvalue weighted by Gasteiger charge is -2.09. The highest BCUT2D eigenvalue weighted by atomic mass is 35.5. The quantitative estimate of drug-likeness (QED) is 0.851. The van der Waals surface area contributed by atoms with E-state index in [4.69, 9.17) is 27.9 Å². The summed E-state index contributed by atoms with van der Waals surface area (Å²) in [5.74, 6) is 0.627. The predicted octanol–water partition coefficient (Wildman–Crippen LogP) is 2.94. The normalized spacial score (nSPS) is 9.90. The van der Waals surface area contributed by atoms with Crippen molar-refractivity contribution in [3.63, 3.8) is 0 Å². The summed E-state index contributed by atoms with van der Waals surface area (Å²) < 4.78 is 5.30. The molecule has 0 bridgehead atoms. The molecule has 6 nitrogen and oxygen atoms in total. The maximum Gasteiger partial charge on any atom is 0.324 e. The average molecular weight is 313 g/mol. The van der Waals surface area contributed by atoms with E-state index in [9.17, 15) is 4.79 Å². The number of hydrogen-bond donors (Lipinski definition) is 2. The van der Waals surface area contributed by atoms with Gasteiger partial charge in [0.15, 0.2) is 6.73 Å². The number of rotatable bonds is 4. The standard InChI is InChI=1S/C12H10Cl2N4O2/c13-8-2-3-10(9(14)6-8)20-7-17-12(19)18-11-15-4-1-5-16-11/h1-6H,7H2,(H2,15,16,17,18,19). The number of nitrogens with one attached hydrogen (secondary N) is 2. The molecular weight excluding hydrogens is 303 g/mol. The Hall–Kier alpha value is -2.05. The monoisotopic (exact) mass is 312 g/mol. The van der Waals surface area contributed by atoms with Crippen molar-refractivity contribution < 1.29 is 9.53 Å². The van der Waals surface area contributed by atoms with E-state index in [1.807, 2.05) is 0 Å². The van der Waals surface area contributed by atoms with Crippen LogP contribution in [0.15, 0.2) is 36.7 Å². The zero-order valence-corrected chi connectivity index (χ0v) is 11.6. The highest BCUT2D eigenvalue weighted by Gasteiger charge is 2.05. The summed E-state index contributed by atoms with van der Waals surface area (Å²) in [6.07, 6.45) is 3.04.